The highest BCUT2D eigenvalue weighted by atomic mass is 16.3. The summed E-state index contributed by atoms with van der Waals surface area (Å²) in [6, 6.07) is 0.281. The molecule has 0 saturated carbocycles. The van der Waals surface area contributed by atoms with Crippen LogP contribution in [-0.2, 0) is 0 Å². The second-order valence-corrected chi connectivity index (χ2v) is 4.53. The van der Waals surface area contributed by atoms with Crippen LogP contribution in [-0.4, -0.2) is 16.9 Å². The molecule has 0 heterocycles. The number of aliphatic hydroxyl groups excluding tert-OH is 1. The quantitative estimate of drug-likeness (QED) is 0.542. The maximum Gasteiger partial charge on any atom is 0.0965 e. The summed E-state index contributed by atoms with van der Waals surface area (Å²) in [7, 11) is 0. The third-order valence-electron chi connectivity index (χ3n) is 1.89. The van der Waals surface area contributed by atoms with Gasteiger partial charge in [-0.1, -0.05) is 27.7 Å². The Morgan fingerprint density at radius 1 is 1.00 bits per heavy atom. The van der Waals surface area contributed by atoms with Crippen LogP contribution in [0.3, 0.4) is 0 Å². The summed E-state index contributed by atoms with van der Waals surface area (Å²) in [5.41, 5.74) is 0.978. The van der Waals surface area contributed by atoms with Gasteiger partial charge in [0.2, 0.25) is 0 Å². The zero-order valence-electron chi connectivity index (χ0n) is 10.2. The Bertz CT molecular complexity index is 224. The molecule has 0 amide bonds. The number of aliphatic hydroxyl groups is 1. The molecule has 0 aromatic rings. The fourth-order valence-corrected chi connectivity index (χ4v) is 0.969. The molecule has 0 rings (SSSR count). The predicted molar refractivity (Wildman–Crippen MR) is 63.0 cm³/mol. The first-order chi connectivity index (χ1) is 6.34. The van der Waals surface area contributed by atoms with E-state index in [1.165, 1.54) is 0 Å². The van der Waals surface area contributed by atoms with Crippen LogP contribution in [0.2, 0.25) is 0 Å². The molecular formula is C12H23NO. The van der Waals surface area contributed by atoms with E-state index in [1.54, 1.807) is 6.08 Å². The normalized spacial score (nSPS) is 14.6. The molecular weight excluding hydrogens is 174 g/mol. The standard InChI is InChI=1S/C12H23NO/c1-8(2)11(13-10(5)6)7-12(14)9(3)4/h7-10,14H,1-6H3/b12-7-,13-11-. The van der Waals surface area contributed by atoms with Crippen LogP contribution in [0.5, 0.6) is 0 Å². The fraction of sp³-hybridized carbons (Fsp3) is 0.750. The van der Waals surface area contributed by atoms with Gasteiger partial charge in [-0.15, -0.1) is 0 Å². The number of rotatable bonds is 4. The highest BCUT2D eigenvalue weighted by Crippen LogP contribution is 2.09. The van der Waals surface area contributed by atoms with Crippen LogP contribution in [0, 0.1) is 11.8 Å². The fourth-order valence-electron chi connectivity index (χ4n) is 0.969. The van der Waals surface area contributed by atoms with Crippen LogP contribution < -0.4 is 0 Å². The third kappa shape index (κ3) is 5.05. The van der Waals surface area contributed by atoms with Crippen molar-refractivity contribution in [3.63, 3.8) is 0 Å². The van der Waals surface area contributed by atoms with Gasteiger partial charge >= 0.3 is 0 Å². The maximum absolute atomic E-state index is 9.64. The molecule has 0 radical (unpaired) electrons. The Labute approximate surface area is 87.8 Å². The first-order valence-electron chi connectivity index (χ1n) is 5.32. The average molecular weight is 197 g/mol. The molecule has 2 heteroatoms. The minimum Gasteiger partial charge on any atom is -0.512 e. The Hall–Kier alpha value is -0.790. The van der Waals surface area contributed by atoms with Crippen molar-refractivity contribution in [3.8, 4) is 0 Å². The lowest BCUT2D eigenvalue weighted by Crippen LogP contribution is -2.10. The van der Waals surface area contributed by atoms with Crippen molar-refractivity contribution >= 4 is 5.71 Å². The van der Waals surface area contributed by atoms with Crippen LogP contribution >= 0.6 is 0 Å². The van der Waals surface area contributed by atoms with Crippen LogP contribution in [0.15, 0.2) is 16.8 Å². The summed E-state index contributed by atoms with van der Waals surface area (Å²) in [4.78, 5) is 4.48. The molecule has 82 valence electrons. The first-order valence-corrected chi connectivity index (χ1v) is 5.32. The Morgan fingerprint density at radius 2 is 1.50 bits per heavy atom. The van der Waals surface area contributed by atoms with Crippen LogP contribution in [0.25, 0.3) is 0 Å². The molecule has 0 aliphatic rings. The number of nitrogens with zero attached hydrogens (tertiary/aromatic N) is 1. The summed E-state index contributed by atoms with van der Waals surface area (Å²) < 4.78 is 0. The van der Waals surface area contributed by atoms with E-state index in [-0.39, 0.29) is 12.0 Å². The van der Waals surface area contributed by atoms with Gasteiger partial charge in [0.1, 0.15) is 0 Å². The SMILES string of the molecule is CC(C)/N=C(/C=C(\O)C(C)C)C(C)C. The first kappa shape index (κ1) is 13.2. The molecule has 0 bridgehead atoms. The van der Waals surface area contributed by atoms with E-state index in [0.29, 0.717) is 11.7 Å². The van der Waals surface area contributed by atoms with Crippen molar-refractivity contribution in [2.45, 2.75) is 47.6 Å². The molecule has 0 aromatic carbocycles. The van der Waals surface area contributed by atoms with Crippen LogP contribution in [0.1, 0.15) is 41.5 Å². The lowest BCUT2D eigenvalue weighted by Gasteiger charge is -2.10. The molecule has 14 heavy (non-hydrogen) atoms. The molecule has 0 aliphatic carbocycles. The highest BCUT2D eigenvalue weighted by molar-refractivity contribution is 5.96. The maximum atomic E-state index is 9.64. The summed E-state index contributed by atoms with van der Waals surface area (Å²) in [6.07, 6.45) is 1.80. The summed E-state index contributed by atoms with van der Waals surface area (Å²) in [5, 5.41) is 9.64. The largest absolute Gasteiger partial charge is 0.512 e. The molecule has 0 spiro atoms. The van der Waals surface area contributed by atoms with Gasteiger partial charge in [0, 0.05) is 17.7 Å². The number of allylic oxidation sites excluding steroid dienone is 2. The van der Waals surface area contributed by atoms with Gasteiger partial charge in [0.05, 0.1) is 5.76 Å². The van der Waals surface area contributed by atoms with E-state index in [0.717, 1.165) is 5.71 Å². The topological polar surface area (TPSA) is 32.6 Å². The van der Waals surface area contributed by atoms with E-state index in [4.69, 9.17) is 0 Å². The minimum absolute atomic E-state index is 0.172. The molecule has 0 aliphatic heterocycles. The molecule has 0 unspecified atom stereocenters. The number of hydrogen-bond acceptors (Lipinski definition) is 2. The molecule has 1 N–H and O–H groups in total. The molecule has 0 fully saturated rings. The Kier molecular flexibility index (Phi) is 5.51. The monoisotopic (exact) mass is 197 g/mol. The van der Waals surface area contributed by atoms with Crippen molar-refractivity contribution < 1.29 is 5.11 Å². The smallest absolute Gasteiger partial charge is 0.0965 e. The lowest BCUT2D eigenvalue weighted by atomic mass is 10.0. The van der Waals surface area contributed by atoms with E-state index in [9.17, 15) is 5.11 Å². The second-order valence-electron chi connectivity index (χ2n) is 4.53. The van der Waals surface area contributed by atoms with Gasteiger partial charge in [-0.05, 0) is 25.8 Å². The molecule has 2 nitrogen and oxygen atoms in total. The average Bonchev–Trinajstić information content (AvgIpc) is 2.01. The number of aliphatic imine (C=N–C) groups is 1. The minimum atomic E-state index is 0.172. The van der Waals surface area contributed by atoms with Gasteiger partial charge in [-0.3, -0.25) is 4.99 Å². The van der Waals surface area contributed by atoms with Crippen molar-refractivity contribution in [1.29, 1.82) is 0 Å². The van der Waals surface area contributed by atoms with Gasteiger partial charge in [-0.2, -0.15) is 0 Å². The summed E-state index contributed by atoms with van der Waals surface area (Å²) in [5.74, 6) is 0.947. The van der Waals surface area contributed by atoms with Crippen LogP contribution in [0.4, 0.5) is 0 Å². The zero-order chi connectivity index (χ0) is 11.3. The van der Waals surface area contributed by atoms with Gasteiger partial charge < -0.3 is 5.11 Å². The lowest BCUT2D eigenvalue weighted by molar-refractivity contribution is 0.352. The van der Waals surface area contributed by atoms with Gasteiger partial charge in [-0.25, -0.2) is 0 Å². The molecule has 0 aromatic heterocycles. The predicted octanol–water partition coefficient (Wildman–Crippen LogP) is 3.59. The van der Waals surface area contributed by atoms with Gasteiger partial charge in [0.25, 0.3) is 0 Å². The third-order valence-corrected chi connectivity index (χ3v) is 1.89. The molecule has 0 atom stereocenters. The highest BCUT2D eigenvalue weighted by Gasteiger charge is 2.07. The Balaban J connectivity index is 4.78. The van der Waals surface area contributed by atoms with Crippen molar-refractivity contribution in [2.75, 3.05) is 0 Å². The number of hydrogen-bond donors (Lipinski definition) is 1. The van der Waals surface area contributed by atoms with E-state index in [2.05, 4.69) is 18.8 Å². The van der Waals surface area contributed by atoms with Crippen molar-refractivity contribution in [1.82, 2.24) is 0 Å². The van der Waals surface area contributed by atoms with E-state index >= 15 is 0 Å². The van der Waals surface area contributed by atoms with Crippen molar-refractivity contribution in [2.24, 2.45) is 16.8 Å². The Morgan fingerprint density at radius 3 is 1.79 bits per heavy atom. The van der Waals surface area contributed by atoms with Gasteiger partial charge in [0.15, 0.2) is 0 Å². The summed E-state index contributed by atoms with van der Waals surface area (Å²) >= 11 is 0. The zero-order valence-corrected chi connectivity index (χ0v) is 10.2. The summed E-state index contributed by atoms with van der Waals surface area (Å²) in [6.45, 7) is 12.2. The van der Waals surface area contributed by atoms with Crippen molar-refractivity contribution in [3.05, 3.63) is 11.8 Å². The second kappa shape index (κ2) is 5.84. The van der Waals surface area contributed by atoms with E-state index < -0.39 is 0 Å². The molecule has 0 saturated heterocycles. The van der Waals surface area contributed by atoms with E-state index in [1.807, 2.05) is 27.7 Å².